The summed E-state index contributed by atoms with van der Waals surface area (Å²) >= 11 is 0. The highest BCUT2D eigenvalue weighted by atomic mass is 14.7. The topological polar surface area (TPSA) is 12.9 Å². The zero-order valence-corrected chi connectivity index (χ0v) is 9.98. The van der Waals surface area contributed by atoms with Crippen LogP contribution in [-0.2, 0) is 0 Å². The fraction of sp³-hybridized carbons (Fsp3) is 0.0625. The second-order valence-corrected chi connectivity index (χ2v) is 3.94. The Balaban J connectivity index is 2.62. The van der Waals surface area contributed by atoms with Gasteiger partial charge in [0, 0.05) is 17.3 Å². The molecule has 0 N–H and O–H groups in total. The molecule has 0 amide bonds. The predicted octanol–water partition coefficient (Wildman–Crippen LogP) is 4.34. The van der Waals surface area contributed by atoms with Crippen molar-refractivity contribution in [1.82, 2.24) is 4.98 Å². The normalized spacial score (nSPS) is 9.94. The fourth-order valence-corrected chi connectivity index (χ4v) is 1.82. The van der Waals surface area contributed by atoms with Crippen LogP contribution in [0.1, 0.15) is 16.7 Å². The van der Waals surface area contributed by atoms with Crippen LogP contribution in [0.2, 0.25) is 0 Å². The van der Waals surface area contributed by atoms with Crippen molar-refractivity contribution in [3.05, 3.63) is 66.4 Å². The summed E-state index contributed by atoms with van der Waals surface area (Å²) in [7, 11) is 0. The Labute approximate surface area is 102 Å². The number of pyridine rings is 1. The van der Waals surface area contributed by atoms with Gasteiger partial charge in [-0.1, -0.05) is 55.1 Å². The minimum atomic E-state index is 0.956. The molecule has 17 heavy (non-hydrogen) atoms. The summed E-state index contributed by atoms with van der Waals surface area (Å²) in [6, 6.07) is 10.3. The Morgan fingerprint density at radius 3 is 2.29 bits per heavy atom. The van der Waals surface area contributed by atoms with E-state index in [1.807, 2.05) is 18.2 Å². The molecule has 0 atom stereocenters. The first-order valence-electron chi connectivity index (χ1n) is 5.57. The van der Waals surface area contributed by atoms with Crippen LogP contribution in [-0.4, -0.2) is 4.98 Å². The van der Waals surface area contributed by atoms with Crippen LogP contribution < -0.4 is 0 Å². The van der Waals surface area contributed by atoms with E-state index in [0.717, 1.165) is 22.4 Å². The van der Waals surface area contributed by atoms with Gasteiger partial charge >= 0.3 is 0 Å². The number of aromatic nitrogens is 1. The lowest BCUT2D eigenvalue weighted by Crippen LogP contribution is -1.91. The SMILES string of the molecule is C=Cc1ccnc(-c2ccc(C)cc2)c1C=C. The van der Waals surface area contributed by atoms with Gasteiger partial charge in [0.1, 0.15) is 0 Å². The Hall–Kier alpha value is -2.15. The molecule has 1 aromatic carbocycles. The van der Waals surface area contributed by atoms with Crippen LogP contribution in [0.25, 0.3) is 23.4 Å². The molecule has 1 heteroatoms. The molecule has 2 aromatic rings. The van der Waals surface area contributed by atoms with E-state index >= 15 is 0 Å². The van der Waals surface area contributed by atoms with Crippen LogP contribution in [0.15, 0.2) is 49.7 Å². The second-order valence-electron chi connectivity index (χ2n) is 3.94. The maximum atomic E-state index is 4.44. The summed E-state index contributed by atoms with van der Waals surface area (Å²) in [6.45, 7) is 9.74. The van der Waals surface area contributed by atoms with Crippen molar-refractivity contribution in [3.8, 4) is 11.3 Å². The van der Waals surface area contributed by atoms with Crippen LogP contribution in [0.4, 0.5) is 0 Å². The minimum absolute atomic E-state index is 0.956. The highest BCUT2D eigenvalue weighted by Crippen LogP contribution is 2.25. The summed E-state index contributed by atoms with van der Waals surface area (Å²) in [5.74, 6) is 0. The van der Waals surface area contributed by atoms with Gasteiger partial charge in [-0.15, -0.1) is 0 Å². The molecule has 1 nitrogen and oxygen atoms in total. The molecule has 2 rings (SSSR count). The van der Waals surface area contributed by atoms with Crippen molar-refractivity contribution < 1.29 is 0 Å². The lowest BCUT2D eigenvalue weighted by molar-refractivity contribution is 1.30. The Bertz CT molecular complexity index is 550. The van der Waals surface area contributed by atoms with E-state index in [1.165, 1.54) is 5.56 Å². The molecular formula is C16H15N. The van der Waals surface area contributed by atoms with Crippen molar-refractivity contribution in [2.45, 2.75) is 6.92 Å². The molecule has 0 unspecified atom stereocenters. The van der Waals surface area contributed by atoms with E-state index in [0.29, 0.717) is 0 Å². The highest BCUT2D eigenvalue weighted by Gasteiger charge is 2.06. The van der Waals surface area contributed by atoms with Gasteiger partial charge in [-0.3, -0.25) is 4.98 Å². The maximum absolute atomic E-state index is 4.44. The van der Waals surface area contributed by atoms with E-state index in [9.17, 15) is 0 Å². The summed E-state index contributed by atoms with van der Waals surface area (Å²) in [6.07, 6.45) is 5.47. The summed E-state index contributed by atoms with van der Waals surface area (Å²) in [5.41, 5.74) is 5.40. The molecule has 0 aliphatic heterocycles. The first kappa shape index (κ1) is 11.3. The van der Waals surface area contributed by atoms with Gasteiger partial charge in [0.25, 0.3) is 0 Å². The average Bonchev–Trinajstić information content (AvgIpc) is 2.38. The Morgan fingerprint density at radius 1 is 1.00 bits per heavy atom. The van der Waals surface area contributed by atoms with Gasteiger partial charge in [-0.25, -0.2) is 0 Å². The molecule has 1 aromatic heterocycles. The molecule has 0 radical (unpaired) electrons. The Kier molecular flexibility index (Phi) is 3.20. The maximum Gasteiger partial charge on any atom is 0.0780 e. The highest BCUT2D eigenvalue weighted by molar-refractivity contribution is 5.77. The molecule has 1 heterocycles. The van der Waals surface area contributed by atoms with Crippen molar-refractivity contribution >= 4 is 12.2 Å². The summed E-state index contributed by atoms with van der Waals surface area (Å²) < 4.78 is 0. The molecule has 0 aliphatic carbocycles. The van der Waals surface area contributed by atoms with Crippen molar-refractivity contribution in [2.24, 2.45) is 0 Å². The second kappa shape index (κ2) is 4.79. The smallest absolute Gasteiger partial charge is 0.0780 e. The van der Waals surface area contributed by atoms with Gasteiger partial charge in [0.05, 0.1) is 5.69 Å². The molecular weight excluding hydrogens is 206 g/mol. The zero-order valence-electron chi connectivity index (χ0n) is 9.98. The molecule has 0 fully saturated rings. The molecule has 0 bridgehead atoms. The quantitative estimate of drug-likeness (QED) is 0.751. The molecule has 0 saturated carbocycles. The lowest BCUT2D eigenvalue weighted by Gasteiger charge is -2.08. The van der Waals surface area contributed by atoms with Gasteiger partial charge in [-0.05, 0) is 18.6 Å². The minimum Gasteiger partial charge on any atom is -0.256 e. The summed E-state index contributed by atoms with van der Waals surface area (Å²) in [4.78, 5) is 4.44. The molecule has 0 spiro atoms. The van der Waals surface area contributed by atoms with E-state index in [2.05, 4.69) is 49.3 Å². The van der Waals surface area contributed by atoms with Gasteiger partial charge in [0.15, 0.2) is 0 Å². The van der Waals surface area contributed by atoms with E-state index in [1.54, 1.807) is 6.20 Å². The van der Waals surface area contributed by atoms with Crippen LogP contribution >= 0.6 is 0 Å². The predicted molar refractivity (Wildman–Crippen MR) is 74.6 cm³/mol. The third-order valence-electron chi connectivity index (χ3n) is 2.77. The van der Waals surface area contributed by atoms with Gasteiger partial charge < -0.3 is 0 Å². The standard InChI is InChI=1S/C16H15N/c1-4-13-10-11-17-16(15(13)5-2)14-8-6-12(3)7-9-14/h4-11H,1-2H2,3H3. The lowest BCUT2D eigenvalue weighted by atomic mass is 10.0. The zero-order chi connectivity index (χ0) is 12.3. The number of hydrogen-bond acceptors (Lipinski definition) is 1. The van der Waals surface area contributed by atoms with E-state index in [4.69, 9.17) is 0 Å². The first-order valence-corrected chi connectivity index (χ1v) is 5.57. The molecule has 84 valence electrons. The average molecular weight is 221 g/mol. The third kappa shape index (κ3) is 2.18. The van der Waals surface area contributed by atoms with Gasteiger partial charge in [-0.2, -0.15) is 0 Å². The van der Waals surface area contributed by atoms with Crippen molar-refractivity contribution in [1.29, 1.82) is 0 Å². The third-order valence-corrected chi connectivity index (χ3v) is 2.77. The summed E-state index contributed by atoms with van der Waals surface area (Å²) in [5, 5.41) is 0. The monoisotopic (exact) mass is 221 g/mol. The Morgan fingerprint density at radius 2 is 1.71 bits per heavy atom. The number of hydrogen-bond donors (Lipinski definition) is 0. The van der Waals surface area contributed by atoms with E-state index < -0.39 is 0 Å². The van der Waals surface area contributed by atoms with E-state index in [-0.39, 0.29) is 0 Å². The van der Waals surface area contributed by atoms with Crippen LogP contribution in [0, 0.1) is 6.92 Å². The first-order chi connectivity index (χ1) is 8.26. The largest absolute Gasteiger partial charge is 0.256 e. The number of aryl methyl sites for hydroxylation is 1. The van der Waals surface area contributed by atoms with Crippen LogP contribution in [0.3, 0.4) is 0 Å². The van der Waals surface area contributed by atoms with Crippen molar-refractivity contribution in [3.63, 3.8) is 0 Å². The van der Waals surface area contributed by atoms with Crippen molar-refractivity contribution in [2.75, 3.05) is 0 Å². The van der Waals surface area contributed by atoms with Crippen LogP contribution in [0.5, 0.6) is 0 Å². The fourth-order valence-electron chi connectivity index (χ4n) is 1.82. The number of benzene rings is 1. The number of rotatable bonds is 3. The molecule has 0 aliphatic rings. The number of nitrogens with zero attached hydrogens (tertiary/aromatic N) is 1. The van der Waals surface area contributed by atoms with Gasteiger partial charge in [0.2, 0.25) is 0 Å². The molecule has 0 saturated heterocycles.